The van der Waals surface area contributed by atoms with Crippen molar-refractivity contribution in [2.24, 2.45) is 5.92 Å². The van der Waals surface area contributed by atoms with Crippen LogP contribution in [0.15, 0.2) is 24.7 Å². The van der Waals surface area contributed by atoms with Gasteiger partial charge in [0, 0.05) is 12.7 Å². The fraction of sp³-hybridized carbons (Fsp3) is 0.429. The molecule has 0 unspecified atom stereocenters. The summed E-state index contributed by atoms with van der Waals surface area (Å²) in [6.07, 6.45) is 5.34. The Kier molecular flexibility index (Phi) is 3.25. The van der Waals surface area contributed by atoms with E-state index < -0.39 is 0 Å². The largest absolute Gasteiger partial charge is 0.342 e. The van der Waals surface area contributed by atoms with E-state index in [0.29, 0.717) is 17.1 Å². The summed E-state index contributed by atoms with van der Waals surface area (Å²) >= 11 is 0. The number of aryl methyl sites for hydroxylation is 1. The summed E-state index contributed by atoms with van der Waals surface area (Å²) in [6.45, 7) is 2.74. The van der Waals surface area contributed by atoms with E-state index in [-0.39, 0.29) is 11.9 Å². The monoisotopic (exact) mass is 312 g/mol. The first-order chi connectivity index (χ1) is 11.3. The lowest BCUT2D eigenvalue weighted by Gasteiger charge is -2.18. The Morgan fingerprint density at radius 3 is 3.09 bits per heavy atom. The van der Waals surface area contributed by atoms with Gasteiger partial charge in [0.1, 0.15) is 12.2 Å². The number of carbonyl (C=O) groups excluding carboxylic acids is 1. The highest BCUT2D eigenvalue weighted by molar-refractivity contribution is 5.94. The van der Waals surface area contributed by atoms with Gasteiger partial charge in [-0.05, 0) is 48.2 Å². The number of rotatable bonds is 5. The molecule has 0 radical (unpaired) electrons. The van der Waals surface area contributed by atoms with Crippen LogP contribution < -0.4 is 5.32 Å². The molecule has 118 valence electrons. The molecule has 0 spiro atoms. The normalized spacial score (nSPS) is 15.7. The molecule has 9 nitrogen and oxygen atoms in total. The first-order valence-corrected chi connectivity index (χ1v) is 7.62. The molecular formula is C14H16N8O. The van der Waals surface area contributed by atoms with Crippen molar-refractivity contribution in [3.05, 3.63) is 36.0 Å². The van der Waals surface area contributed by atoms with Crippen molar-refractivity contribution < 1.29 is 4.79 Å². The van der Waals surface area contributed by atoms with Gasteiger partial charge in [-0.25, -0.2) is 9.67 Å². The van der Waals surface area contributed by atoms with E-state index >= 15 is 0 Å². The Hall–Kier alpha value is -2.84. The summed E-state index contributed by atoms with van der Waals surface area (Å²) in [7, 11) is 0. The average molecular weight is 312 g/mol. The van der Waals surface area contributed by atoms with Crippen molar-refractivity contribution in [3.63, 3.8) is 0 Å². The molecule has 3 aromatic heterocycles. The van der Waals surface area contributed by atoms with E-state index in [4.69, 9.17) is 0 Å². The Labute approximate surface area is 131 Å². The van der Waals surface area contributed by atoms with Crippen molar-refractivity contribution in [1.29, 1.82) is 0 Å². The summed E-state index contributed by atoms with van der Waals surface area (Å²) < 4.78 is 3.31. The summed E-state index contributed by atoms with van der Waals surface area (Å²) in [5.74, 6) is 1.07. The van der Waals surface area contributed by atoms with Gasteiger partial charge in [-0.2, -0.15) is 9.61 Å². The summed E-state index contributed by atoms with van der Waals surface area (Å²) in [5.41, 5.74) is 1.11. The topological polar surface area (TPSA) is 103 Å². The standard InChI is InChI=1S/C14H16N8O/c1-2-21-13(15-8-16-21)12(9-3-4-9)17-14(23)10-5-6-11-18-19-20-22(11)7-10/h5-9,12H,2-4H2,1H3,(H,17,23)/t12-/m1/s1. The van der Waals surface area contributed by atoms with E-state index in [1.54, 1.807) is 18.3 Å². The third-order valence-corrected chi connectivity index (χ3v) is 4.06. The molecule has 1 atom stereocenters. The predicted octanol–water partition coefficient (Wildman–Crippen LogP) is 0.617. The van der Waals surface area contributed by atoms with E-state index in [1.807, 2.05) is 11.6 Å². The van der Waals surface area contributed by atoms with Crippen LogP contribution in [0.1, 0.15) is 42.0 Å². The molecule has 0 aromatic carbocycles. The van der Waals surface area contributed by atoms with Gasteiger partial charge in [0.15, 0.2) is 5.65 Å². The molecule has 1 aliphatic carbocycles. The maximum atomic E-state index is 12.6. The number of tetrazole rings is 1. The van der Waals surface area contributed by atoms with Crippen LogP contribution in [0.3, 0.4) is 0 Å². The molecule has 23 heavy (non-hydrogen) atoms. The number of carbonyl (C=O) groups is 1. The number of fused-ring (bicyclic) bond motifs is 1. The van der Waals surface area contributed by atoms with Crippen LogP contribution in [0.2, 0.25) is 0 Å². The van der Waals surface area contributed by atoms with Gasteiger partial charge in [-0.15, -0.1) is 5.10 Å². The van der Waals surface area contributed by atoms with Crippen LogP contribution in [0.5, 0.6) is 0 Å². The van der Waals surface area contributed by atoms with Gasteiger partial charge >= 0.3 is 0 Å². The number of hydrogen-bond acceptors (Lipinski definition) is 6. The lowest BCUT2D eigenvalue weighted by Crippen LogP contribution is -2.32. The number of aromatic nitrogens is 7. The van der Waals surface area contributed by atoms with Crippen molar-refractivity contribution in [3.8, 4) is 0 Å². The third-order valence-electron chi connectivity index (χ3n) is 4.06. The molecule has 0 saturated heterocycles. The van der Waals surface area contributed by atoms with Gasteiger partial charge in [0.05, 0.1) is 11.6 Å². The van der Waals surface area contributed by atoms with Gasteiger partial charge in [-0.1, -0.05) is 0 Å². The Balaban J connectivity index is 1.60. The molecule has 9 heteroatoms. The first kappa shape index (κ1) is 13.8. The van der Waals surface area contributed by atoms with Crippen molar-refractivity contribution in [2.45, 2.75) is 32.4 Å². The molecule has 0 aliphatic heterocycles. The zero-order valence-electron chi connectivity index (χ0n) is 12.6. The van der Waals surface area contributed by atoms with E-state index in [2.05, 4.69) is 30.9 Å². The molecule has 1 N–H and O–H groups in total. The van der Waals surface area contributed by atoms with Crippen LogP contribution >= 0.6 is 0 Å². The second kappa shape index (κ2) is 5.41. The van der Waals surface area contributed by atoms with Crippen LogP contribution in [0.25, 0.3) is 5.65 Å². The van der Waals surface area contributed by atoms with Crippen molar-refractivity contribution in [1.82, 2.24) is 40.1 Å². The number of nitrogens with one attached hydrogen (secondary N) is 1. The molecule has 3 aromatic rings. The minimum atomic E-state index is -0.162. The smallest absolute Gasteiger partial charge is 0.253 e. The predicted molar refractivity (Wildman–Crippen MR) is 79.4 cm³/mol. The number of pyridine rings is 1. The van der Waals surface area contributed by atoms with Gasteiger partial charge in [0.2, 0.25) is 0 Å². The highest BCUT2D eigenvalue weighted by Crippen LogP contribution is 2.40. The number of nitrogens with zero attached hydrogens (tertiary/aromatic N) is 7. The zero-order chi connectivity index (χ0) is 15.8. The van der Waals surface area contributed by atoms with Crippen molar-refractivity contribution >= 4 is 11.6 Å². The summed E-state index contributed by atoms with van der Waals surface area (Å²) in [4.78, 5) is 16.9. The SMILES string of the molecule is CCn1ncnc1[C@H](NC(=O)c1ccc2nnnn2c1)C1CC1. The molecule has 1 aliphatic rings. The molecule has 0 bridgehead atoms. The Morgan fingerprint density at radius 1 is 1.43 bits per heavy atom. The number of hydrogen-bond donors (Lipinski definition) is 1. The van der Waals surface area contributed by atoms with Crippen LogP contribution in [0.4, 0.5) is 0 Å². The second-order valence-electron chi connectivity index (χ2n) is 5.62. The molecule has 1 fully saturated rings. The Morgan fingerprint density at radius 2 is 2.30 bits per heavy atom. The molecule has 1 amide bonds. The molecule has 1 saturated carbocycles. The van der Waals surface area contributed by atoms with E-state index in [1.165, 1.54) is 10.8 Å². The molecule has 3 heterocycles. The summed E-state index contributed by atoms with van der Waals surface area (Å²) in [6, 6.07) is 3.32. The van der Waals surface area contributed by atoms with E-state index in [9.17, 15) is 4.79 Å². The highest BCUT2D eigenvalue weighted by atomic mass is 16.1. The van der Waals surface area contributed by atoms with E-state index in [0.717, 1.165) is 25.2 Å². The van der Waals surface area contributed by atoms with Gasteiger partial charge < -0.3 is 5.32 Å². The van der Waals surface area contributed by atoms with Gasteiger partial charge in [-0.3, -0.25) is 4.79 Å². The summed E-state index contributed by atoms with van der Waals surface area (Å²) in [5, 5.41) is 18.5. The maximum Gasteiger partial charge on any atom is 0.253 e. The molecular weight excluding hydrogens is 296 g/mol. The van der Waals surface area contributed by atoms with Crippen LogP contribution in [-0.4, -0.2) is 40.7 Å². The fourth-order valence-corrected chi connectivity index (χ4v) is 2.68. The van der Waals surface area contributed by atoms with Crippen LogP contribution in [0, 0.1) is 5.92 Å². The quantitative estimate of drug-likeness (QED) is 0.740. The Bertz CT molecular complexity index is 849. The third kappa shape index (κ3) is 2.54. The lowest BCUT2D eigenvalue weighted by atomic mass is 10.1. The first-order valence-electron chi connectivity index (χ1n) is 7.62. The molecule has 4 rings (SSSR count). The van der Waals surface area contributed by atoms with Gasteiger partial charge in [0.25, 0.3) is 5.91 Å². The highest BCUT2D eigenvalue weighted by Gasteiger charge is 2.36. The minimum Gasteiger partial charge on any atom is -0.342 e. The minimum absolute atomic E-state index is 0.116. The maximum absolute atomic E-state index is 12.6. The zero-order valence-corrected chi connectivity index (χ0v) is 12.6. The van der Waals surface area contributed by atoms with Crippen molar-refractivity contribution in [2.75, 3.05) is 0 Å². The fourth-order valence-electron chi connectivity index (χ4n) is 2.68. The average Bonchev–Trinajstić information content (AvgIpc) is 3.12. The number of amides is 1. The van der Waals surface area contributed by atoms with Crippen LogP contribution in [-0.2, 0) is 6.54 Å². The lowest BCUT2D eigenvalue weighted by molar-refractivity contribution is 0.0928. The second-order valence-corrected chi connectivity index (χ2v) is 5.62.